The van der Waals surface area contributed by atoms with Gasteiger partial charge in [0.1, 0.15) is 0 Å². The second-order valence-corrected chi connectivity index (χ2v) is 41.4. The van der Waals surface area contributed by atoms with Crippen molar-refractivity contribution in [3.8, 4) is 44.5 Å². The van der Waals surface area contributed by atoms with Gasteiger partial charge in [-0.2, -0.15) is 0 Å². The third-order valence-corrected chi connectivity index (χ3v) is 32.6. The number of unbranched alkanes of at least 4 members (excludes halogenated alkanes) is 24. The molecule has 4 aliphatic heterocycles. The first kappa shape index (κ1) is 93.6. The predicted molar refractivity (Wildman–Crippen MR) is 569 cm³/mol. The van der Waals surface area contributed by atoms with Crippen LogP contribution in [0.3, 0.4) is 0 Å². The molecular formula is C126H136N4O8. The zero-order valence-electron chi connectivity index (χ0n) is 82.8. The van der Waals surface area contributed by atoms with E-state index in [4.69, 9.17) is 0 Å². The summed E-state index contributed by atoms with van der Waals surface area (Å²) in [6, 6.07) is 58.3. The van der Waals surface area contributed by atoms with Crippen LogP contribution in [0.2, 0.25) is 0 Å². The molecule has 8 amide bonds. The highest BCUT2D eigenvalue weighted by Gasteiger charge is 2.46. The fraction of sp³-hybridized carbons (Fsp3) is 0.413. The molecule has 0 spiro atoms. The standard InChI is InChI=1S/C126H136N4O8/c1-9-17-25-33-45-79(46-34-26-18-10-2)127-119(131)95-67-61-89-91-63-69-99-114-105(125(137)129(123(99)135)81(49-37-29-21-13-5)50-38-30-22-14-6)75-101(110(117(91)114)93-65-71-97(121(127)133)112(95)108(89)93)77-57-59-85-86-60-58-78(74-104(86)116(103(85)73-77)107-87-55-43-41-53-83(87)84-54-42-44-56-88(84)107)102-76-106-115-100(124(136)130(126(106)138)82(51-39-31-23-15-7)52-40-32-24-16-8)70-64-92-90-62-68-96-113-98(72-66-94(109(90)113)111(102)118(92)115)122(134)128(120(96)132)80(47-35-27-19-11-3)48-36-28-20-12-4/h41-44,53-76,79-82H,9-40,45-52H2,1-8H3. The number of imide groups is 4. The summed E-state index contributed by atoms with van der Waals surface area (Å²) in [5.74, 6) is -2.16. The van der Waals surface area contributed by atoms with E-state index in [1.54, 1.807) is 19.6 Å². The van der Waals surface area contributed by atoms with Gasteiger partial charge in [0.05, 0.1) is 0 Å². The van der Waals surface area contributed by atoms with Crippen LogP contribution in [0.25, 0.3) is 142 Å². The summed E-state index contributed by atoms with van der Waals surface area (Å²) in [4.78, 5) is 136. The SMILES string of the molecule is CCCCCCC(CCCCCC)N1C(=O)c2ccc3c4ccc5c6c(cc(-c7ccc8c(c7)C(=C7c9ccccc9-c9ccccc97)c7cc(-c9cc%10c%11c(ccc%12c%13ccc%14c%15c(ccc(c9c%11%12)c%15%13)C(=O)N(C(CCCCCC)CCCCCC)C%14=O)C(=O)N(C(CCCCCC)CCCCCC)C%10=O)ccc7-8)c(c7ccc(c2c37)C1=O)c64)C(=O)N(C(CCCCCC)CCCCCC)C5=O. The maximum Gasteiger partial charge on any atom is 0.261 e. The average molecular weight is 1830 g/mol. The lowest BCUT2D eigenvalue weighted by Gasteiger charge is -2.36. The van der Waals surface area contributed by atoms with Gasteiger partial charge in [0.25, 0.3) is 47.3 Å². The molecule has 12 nitrogen and oxygen atoms in total. The smallest absolute Gasteiger partial charge is 0.261 e. The van der Waals surface area contributed by atoms with Crippen molar-refractivity contribution in [2.45, 2.75) is 336 Å². The van der Waals surface area contributed by atoms with E-state index in [1.807, 2.05) is 36.4 Å². The zero-order valence-corrected chi connectivity index (χ0v) is 82.8. The number of nitrogens with zero attached hydrogens (tertiary/aromatic N) is 4. The van der Waals surface area contributed by atoms with Crippen LogP contribution in [-0.4, -0.2) is 91.0 Å². The average Bonchev–Trinajstić information content (AvgIpc) is 0.775. The van der Waals surface area contributed by atoms with Gasteiger partial charge in [0.2, 0.25) is 0 Å². The summed E-state index contributed by atoms with van der Waals surface area (Å²) in [7, 11) is 0. The molecule has 138 heavy (non-hydrogen) atoms. The lowest BCUT2D eigenvalue weighted by molar-refractivity contribution is 0.0501. The highest BCUT2D eigenvalue weighted by atomic mass is 16.2. The molecule has 14 aromatic rings. The summed E-state index contributed by atoms with van der Waals surface area (Å²) < 4.78 is 0. The number of hydrogen-bond donors (Lipinski definition) is 0. The first-order valence-corrected chi connectivity index (χ1v) is 53.9. The molecule has 6 aliphatic rings. The van der Waals surface area contributed by atoms with Crippen LogP contribution in [0.4, 0.5) is 0 Å². The van der Waals surface area contributed by atoms with Crippen LogP contribution in [0.5, 0.6) is 0 Å². The summed E-state index contributed by atoms with van der Waals surface area (Å²) in [6.45, 7) is 17.7. The number of rotatable bonds is 46. The molecule has 0 bridgehead atoms. The number of benzene rings is 14. The number of fused-ring (bicyclic) bond motifs is 10. The summed E-state index contributed by atoms with van der Waals surface area (Å²) >= 11 is 0. The monoisotopic (exact) mass is 1830 g/mol. The molecule has 0 aromatic heterocycles. The Hall–Kier alpha value is -12.0. The normalized spacial score (nSPS) is 14.5. The van der Waals surface area contributed by atoms with Gasteiger partial charge in [-0.15, -0.1) is 0 Å². The molecule has 4 heterocycles. The number of carbonyl (C=O) groups is 8. The van der Waals surface area contributed by atoms with E-state index in [1.165, 1.54) is 0 Å². The van der Waals surface area contributed by atoms with Gasteiger partial charge in [-0.3, -0.25) is 58.0 Å². The molecule has 14 aromatic carbocycles. The van der Waals surface area contributed by atoms with Crippen LogP contribution >= 0.6 is 0 Å². The second-order valence-electron chi connectivity index (χ2n) is 41.4. The van der Waals surface area contributed by atoms with Crippen molar-refractivity contribution >= 4 is 145 Å². The van der Waals surface area contributed by atoms with Crippen molar-refractivity contribution in [2.24, 2.45) is 0 Å². The third-order valence-electron chi connectivity index (χ3n) is 32.6. The Morgan fingerprint density at radius 3 is 0.638 bits per heavy atom. The minimum Gasteiger partial charge on any atom is -0.271 e. The quantitative estimate of drug-likeness (QED) is 0.0158. The first-order chi connectivity index (χ1) is 67.6. The Morgan fingerprint density at radius 2 is 0.377 bits per heavy atom. The van der Waals surface area contributed by atoms with Crippen molar-refractivity contribution in [1.82, 2.24) is 19.6 Å². The maximum atomic E-state index is 16.7. The van der Waals surface area contributed by atoms with Gasteiger partial charge in [-0.25, -0.2) is 0 Å². The Bertz CT molecular complexity index is 6710. The van der Waals surface area contributed by atoms with Crippen LogP contribution in [-0.2, 0) is 0 Å². The largest absolute Gasteiger partial charge is 0.271 e. The van der Waals surface area contributed by atoms with Crippen molar-refractivity contribution in [2.75, 3.05) is 0 Å². The predicted octanol–water partition coefficient (Wildman–Crippen LogP) is 33.7. The Kier molecular flexibility index (Phi) is 27.4. The van der Waals surface area contributed by atoms with Crippen LogP contribution in [0, 0.1) is 0 Å². The summed E-state index contributed by atoms with van der Waals surface area (Å²) in [5, 5.41) is 12.4. The maximum absolute atomic E-state index is 16.7. The van der Waals surface area contributed by atoms with Gasteiger partial charge < -0.3 is 0 Å². The molecule has 20 rings (SSSR count). The lowest BCUT2D eigenvalue weighted by atomic mass is 9.79. The van der Waals surface area contributed by atoms with E-state index in [-0.39, 0.29) is 71.4 Å². The zero-order chi connectivity index (χ0) is 95.3. The molecule has 708 valence electrons. The van der Waals surface area contributed by atoms with E-state index in [2.05, 4.69) is 189 Å². The highest BCUT2D eigenvalue weighted by molar-refractivity contribution is 6.46. The van der Waals surface area contributed by atoms with Gasteiger partial charge in [0.15, 0.2) is 0 Å². The molecule has 0 saturated carbocycles. The van der Waals surface area contributed by atoms with E-state index in [9.17, 15) is 0 Å². The van der Waals surface area contributed by atoms with E-state index in [0.717, 1.165) is 374 Å². The Morgan fingerprint density at radius 1 is 0.167 bits per heavy atom. The highest BCUT2D eigenvalue weighted by Crippen LogP contribution is 2.59. The minimum atomic E-state index is -0.315. The second kappa shape index (κ2) is 40.4. The van der Waals surface area contributed by atoms with Crippen LogP contribution in [0.1, 0.15) is 417 Å². The Balaban J connectivity index is 0.818. The Labute approximate surface area is 814 Å². The topological polar surface area (TPSA) is 150 Å². The fourth-order valence-electron chi connectivity index (χ4n) is 25.7. The number of hydrogen-bond acceptors (Lipinski definition) is 8. The summed E-state index contributed by atoms with van der Waals surface area (Å²) in [6.07, 6.45) is 38.6. The third kappa shape index (κ3) is 16.0. The molecule has 2 aliphatic carbocycles. The van der Waals surface area contributed by atoms with E-state index < -0.39 is 0 Å². The molecule has 12 heteroatoms. The molecule has 0 unspecified atom stereocenters. The van der Waals surface area contributed by atoms with E-state index >= 15 is 38.4 Å². The molecule has 0 N–H and O–H groups in total. The fourth-order valence-corrected chi connectivity index (χ4v) is 25.7. The summed E-state index contributed by atoms with van der Waals surface area (Å²) in [5.41, 5.74) is 17.6. The van der Waals surface area contributed by atoms with Gasteiger partial charge in [-0.1, -0.05) is 370 Å². The number of carbonyl (C=O) groups excluding carboxylic acids is 8. The van der Waals surface area contributed by atoms with Crippen molar-refractivity contribution < 1.29 is 38.4 Å². The van der Waals surface area contributed by atoms with Crippen molar-refractivity contribution in [3.05, 3.63) is 237 Å². The van der Waals surface area contributed by atoms with Crippen LogP contribution < -0.4 is 0 Å². The van der Waals surface area contributed by atoms with Gasteiger partial charge >= 0.3 is 0 Å². The lowest BCUT2D eigenvalue weighted by Crippen LogP contribution is -2.47. The minimum absolute atomic E-state index is 0.252. The van der Waals surface area contributed by atoms with Gasteiger partial charge in [0, 0.05) is 90.2 Å². The molecule has 0 fully saturated rings. The van der Waals surface area contributed by atoms with Crippen molar-refractivity contribution in [3.63, 3.8) is 0 Å². The van der Waals surface area contributed by atoms with Crippen LogP contribution in [0.15, 0.2) is 170 Å². The molecular weight excluding hydrogens is 1700 g/mol. The first-order valence-electron chi connectivity index (χ1n) is 53.9. The van der Waals surface area contributed by atoms with E-state index in [0.29, 0.717) is 91.7 Å². The molecule has 0 atom stereocenters. The molecule has 0 saturated heterocycles. The van der Waals surface area contributed by atoms with Gasteiger partial charge in [-0.05, 0) is 255 Å². The molecule has 0 radical (unpaired) electrons. The number of amides is 8. The van der Waals surface area contributed by atoms with Crippen molar-refractivity contribution in [1.29, 1.82) is 0 Å².